The zero-order chi connectivity index (χ0) is 13.5. The quantitative estimate of drug-likeness (QED) is 0.788. The number of nitrogens with one attached hydrogen (secondary N) is 2. The van der Waals surface area contributed by atoms with Gasteiger partial charge in [-0.25, -0.2) is 9.97 Å². The van der Waals surface area contributed by atoms with Crippen molar-refractivity contribution in [3.05, 3.63) is 11.9 Å². The number of hydrogen-bond donors (Lipinski definition) is 2. The van der Waals surface area contributed by atoms with Crippen LogP contribution in [-0.2, 0) is 17.2 Å². The van der Waals surface area contributed by atoms with E-state index in [1.54, 1.807) is 12.6 Å². The molecule has 0 fully saturated rings. The molecule has 0 spiro atoms. The Hall–Kier alpha value is -1.17. The van der Waals surface area contributed by atoms with Crippen molar-refractivity contribution in [2.75, 3.05) is 30.5 Å². The molecule has 0 aliphatic rings. The van der Waals surface area contributed by atoms with E-state index >= 15 is 0 Å². The van der Waals surface area contributed by atoms with Crippen LogP contribution in [0.15, 0.2) is 6.33 Å². The molecule has 0 aliphatic heterocycles. The van der Waals surface area contributed by atoms with Crippen LogP contribution in [0.2, 0.25) is 0 Å². The maximum atomic E-state index is 11.3. The van der Waals surface area contributed by atoms with E-state index in [1.807, 2.05) is 14.0 Å². The molecule has 0 saturated carbocycles. The molecule has 0 aliphatic carbocycles. The molecule has 0 bridgehead atoms. The van der Waals surface area contributed by atoms with Gasteiger partial charge in [0.2, 0.25) is 0 Å². The van der Waals surface area contributed by atoms with E-state index in [0.717, 1.165) is 36.6 Å². The van der Waals surface area contributed by atoms with E-state index in [0.29, 0.717) is 0 Å². The minimum atomic E-state index is -0.766. The molecule has 1 aromatic rings. The SMILES string of the molecule is CCc1c(NC)ncnc1NCCC(C)S(C)=O. The largest absolute Gasteiger partial charge is 0.373 e. The summed E-state index contributed by atoms with van der Waals surface area (Å²) in [4.78, 5) is 8.45. The van der Waals surface area contributed by atoms with Crippen LogP contribution in [0, 0.1) is 0 Å². The van der Waals surface area contributed by atoms with Crippen LogP contribution in [0.25, 0.3) is 0 Å². The van der Waals surface area contributed by atoms with Gasteiger partial charge in [0, 0.05) is 41.5 Å². The van der Waals surface area contributed by atoms with Gasteiger partial charge in [-0.05, 0) is 12.8 Å². The molecule has 1 rings (SSSR count). The van der Waals surface area contributed by atoms with Crippen molar-refractivity contribution in [3.63, 3.8) is 0 Å². The Morgan fingerprint density at radius 1 is 1.39 bits per heavy atom. The average Bonchev–Trinajstić information content (AvgIpc) is 2.37. The van der Waals surface area contributed by atoms with Gasteiger partial charge in [-0.2, -0.15) is 0 Å². The molecular formula is C12H22N4OS. The minimum Gasteiger partial charge on any atom is -0.373 e. The summed E-state index contributed by atoms with van der Waals surface area (Å²) in [5.41, 5.74) is 1.09. The maximum absolute atomic E-state index is 11.3. The van der Waals surface area contributed by atoms with Crippen LogP contribution in [0.4, 0.5) is 11.6 Å². The third kappa shape index (κ3) is 3.94. The number of rotatable bonds is 7. The first-order valence-electron chi connectivity index (χ1n) is 6.17. The predicted octanol–water partition coefficient (Wildman–Crippen LogP) is 1.65. The highest BCUT2D eigenvalue weighted by atomic mass is 32.2. The lowest BCUT2D eigenvalue weighted by Gasteiger charge is -2.14. The lowest BCUT2D eigenvalue weighted by molar-refractivity contribution is 0.672. The molecule has 1 heterocycles. The maximum Gasteiger partial charge on any atom is 0.134 e. The van der Waals surface area contributed by atoms with Crippen molar-refractivity contribution in [1.82, 2.24) is 9.97 Å². The van der Waals surface area contributed by atoms with Gasteiger partial charge in [0.15, 0.2) is 0 Å². The standard InChI is InChI=1S/C12H22N4OS/c1-5-10-11(13-3)15-8-16-12(10)14-7-6-9(2)18(4)17/h8-9H,5-7H2,1-4H3,(H2,13,14,15,16). The molecular weight excluding hydrogens is 248 g/mol. The van der Waals surface area contributed by atoms with E-state index < -0.39 is 10.8 Å². The van der Waals surface area contributed by atoms with Crippen LogP contribution in [0.1, 0.15) is 25.8 Å². The van der Waals surface area contributed by atoms with E-state index in [4.69, 9.17) is 0 Å². The van der Waals surface area contributed by atoms with Gasteiger partial charge < -0.3 is 10.6 Å². The zero-order valence-electron chi connectivity index (χ0n) is 11.5. The van der Waals surface area contributed by atoms with E-state index in [9.17, 15) is 4.21 Å². The highest BCUT2D eigenvalue weighted by Crippen LogP contribution is 2.19. The molecule has 102 valence electrons. The van der Waals surface area contributed by atoms with Gasteiger partial charge in [-0.3, -0.25) is 4.21 Å². The normalized spacial score (nSPS) is 14.0. The molecule has 2 atom stereocenters. The van der Waals surface area contributed by atoms with Crippen LogP contribution in [-0.4, -0.2) is 39.3 Å². The third-order valence-electron chi connectivity index (χ3n) is 2.95. The van der Waals surface area contributed by atoms with Crippen molar-refractivity contribution >= 4 is 22.4 Å². The summed E-state index contributed by atoms with van der Waals surface area (Å²) < 4.78 is 11.3. The van der Waals surface area contributed by atoms with Crippen LogP contribution in [0.3, 0.4) is 0 Å². The number of anilines is 2. The molecule has 6 heteroatoms. The molecule has 18 heavy (non-hydrogen) atoms. The first-order chi connectivity index (χ1) is 8.60. The summed E-state index contributed by atoms with van der Waals surface area (Å²) >= 11 is 0. The summed E-state index contributed by atoms with van der Waals surface area (Å²) in [6.07, 6.45) is 5.03. The smallest absolute Gasteiger partial charge is 0.134 e. The Labute approximate surface area is 111 Å². The number of nitrogens with zero attached hydrogens (tertiary/aromatic N) is 2. The summed E-state index contributed by atoms with van der Waals surface area (Å²) in [6.45, 7) is 4.85. The first kappa shape index (κ1) is 14.9. The predicted molar refractivity (Wildman–Crippen MR) is 77.6 cm³/mol. The topological polar surface area (TPSA) is 66.9 Å². The molecule has 0 aromatic carbocycles. The second-order valence-electron chi connectivity index (χ2n) is 4.18. The Kier molecular flexibility index (Phi) is 6.04. The van der Waals surface area contributed by atoms with Crippen LogP contribution >= 0.6 is 0 Å². The molecule has 0 saturated heterocycles. The fraction of sp³-hybridized carbons (Fsp3) is 0.667. The Morgan fingerprint density at radius 3 is 2.61 bits per heavy atom. The van der Waals surface area contributed by atoms with Gasteiger partial charge in [0.25, 0.3) is 0 Å². The second kappa shape index (κ2) is 7.31. The Morgan fingerprint density at radius 2 is 2.06 bits per heavy atom. The van der Waals surface area contributed by atoms with Gasteiger partial charge >= 0.3 is 0 Å². The van der Waals surface area contributed by atoms with Crippen molar-refractivity contribution in [3.8, 4) is 0 Å². The lowest BCUT2D eigenvalue weighted by atomic mass is 10.2. The molecule has 2 unspecified atom stereocenters. The Balaban J connectivity index is 2.64. The van der Waals surface area contributed by atoms with Crippen LogP contribution < -0.4 is 10.6 Å². The fourth-order valence-electron chi connectivity index (χ4n) is 1.67. The highest BCUT2D eigenvalue weighted by Gasteiger charge is 2.09. The van der Waals surface area contributed by atoms with E-state index in [1.165, 1.54) is 0 Å². The van der Waals surface area contributed by atoms with Crippen molar-refractivity contribution in [2.45, 2.75) is 31.9 Å². The van der Waals surface area contributed by atoms with Crippen molar-refractivity contribution in [2.24, 2.45) is 0 Å². The Bertz CT molecular complexity index is 411. The average molecular weight is 270 g/mol. The van der Waals surface area contributed by atoms with Crippen molar-refractivity contribution < 1.29 is 4.21 Å². The van der Waals surface area contributed by atoms with Crippen LogP contribution in [0.5, 0.6) is 0 Å². The second-order valence-corrected chi connectivity index (χ2v) is 5.98. The summed E-state index contributed by atoms with van der Waals surface area (Å²) in [5, 5.41) is 6.57. The number of hydrogen-bond acceptors (Lipinski definition) is 5. The minimum absolute atomic E-state index is 0.202. The summed E-state index contributed by atoms with van der Waals surface area (Å²) in [6, 6.07) is 0. The third-order valence-corrected chi connectivity index (χ3v) is 4.31. The van der Waals surface area contributed by atoms with Gasteiger partial charge in [-0.1, -0.05) is 13.8 Å². The van der Waals surface area contributed by atoms with Crippen molar-refractivity contribution in [1.29, 1.82) is 0 Å². The molecule has 5 nitrogen and oxygen atoms in total. The van der Waals surface area contributed by atoms with Gasteiger partial charge in [-0.15, -0.1) is 0 Å². The van der Waals surface area contributed by atoms with E-state index in [-0.39, 0.29) is 5.25 Å². The lowest BCUT2D eigenvalue weighted by Crippen LogP contribution is -2.16. The summed E-state index contributed by atoms with van der Waals surface area (Å²) in [5.74, 6) is 1.73. The number of aromatic nitrogens is 2. The molecule has 1 aromatic heterocycles. The molecule has 0 amide bonds. The molecule has 2 N–H and O–H groups in total. The summed E-state index contributed by atoms with van der Waals surface area (Å²) in [7, 11) is 1.09. The van der Waals surface area contributed by atoms with Gasteiger partial charge in [0.05, 0.1) is 0 Å². The van der Waals surface area contributed by atoms with Gasteiger partial charge in [0.1, 0.15) is 18.0 Å². The van der Waals surface area contributed by atoms with E-state index in [2.05, 4.69) is 27.5 Å². The monoisotopic (exact) mass is 270 g/mol. The zero-order valence-corrected chi connectivity index (χ0v) is 12.3. The molecule has 0 radical (unpaired) electrons. The highest BCUT2D eigenvalue weighted by molar-refractivity contribution is 7.84. The first-order valence-corrected chi connectivity index (χ1v) is 7.80. The fourth-order valence-corrected chi connectivity index (χ4v) is 2.12.